The summed E-state index contributed by atoms with van der Waals surface area (Å²) in [6.45, 7) is 0. The Hall–Kier alpha value is -1.78. The molecule has 4 atom stereocenters. The van der Waals surface area contributed by atoms with E-state index in [1.54, 1.807) is 0 Å². The van der Waals surface area contributed by atoms with Crippen molar-refractivity contribution in [3.8, 4) is 0 Å². The summed E-state index contributed by atoms with van der Waals surface area (Å²) in [7, 11) is 0. The van der Waals surface area contributed by atoms with E-state index < -0.39 is 5.97 Å². The molecule has 3 fully saturated rings. The fourth-order valence-electron chi connectivity index (χ4n) is 4.13. The van der Waals surface area contributed by atoms with Crippen LogP contribution in [0.3, 0.4) is 0 Å². The molecule has 0 spiro atoms. The lowest BCUT2D eigenvalue weighted by Crippen LogP contribution is -2.50. The number of carboxylic acids is 1. The minimum Gasteiger partial charge on any atom is -0.481 e. The first-order valence-corrected chi connectivity index (χ1v) is 7.84. The number of amides is 1. The number of carbonyl (C=O) groups is 2. The number of rotatable bonds is 4. The summed E-state index contributed by atoms with van der Waals surface area (Å²) in [6, 6.07) is 2.02. The van der Waals surface area contributed by atoms with Crippen molar-refractivity contribution in [1.82, 2.24) is 10.3 Å². The van der Waals surface area contributed by atoms with Gasteiger partial charge >= 0.3 is 5.97 Å². The van der Waals surface area contributed by atoms with E-state index in [2.05, 4.69) is 10.3 Å². The number of carbonyl (C=O) groups excluding carboxylic acids is 1. The molecule has 3 aliphatic carbocycles. The molecule has 4 rings (SSSR count). The molecule has 0 aromatic carbocycles. The number of hydrogen-bond acceptors (Lipinski definition) is 2. The number of nitrogens with one attached hydrogen (secondary N) is 2. The number of H-pyrrole nitrogens is 1. The minimum atomic E-state index is -0.684. The maximum Gasteiger partial charge on any atom is 0.306 e. The van der Waals surface area contributed by atoms with Gasteiger partial charge in [-0.3, -0.25) is 9.59 Å². The van der Waals surface area contributed by atoms with E-state index in [1.807, 2.05) is 12.3 Å². The molecule has 112 valence electrons. The van der Waals surface area contributed by atoms with Gasteiger partial charge in [0.05, 0.1) is 11.5 Å². The Morgan fingerprint density at radius 1 is 1.24 bits per heavy atom. The number of aromatic nitrogens is 1. The van der Waals surface area contributed by atoms with Crippen molar-refractivity contribution in [2.24, 2.45) is 17.8 Å². The molecule has 1 aromatic heterocycles. The van der Waals surface area contributed by atoms with Gasteiger partial charge < -0.3 is 15.4 Å². The van der Waals surface area contributed by atoms with E-state index in [9.17, 15) is 9.59 Å². The Morgan fingerprint density at radius 2 is 2.05 bits per heavy atom. The van der Waals surface area contributed by atoms with Gasteiger partial charge in [0.25, 0.3) is 5.91 Å². The Morgan fingerprint density at radius 3 is 2.76 bits per heavy atom. The molecule has 0 saturated heterocycles. The van der Waals surface area contributed by atoms with E-state index in [-0.39, 0.29) is 17.9 Å². The highest BCUT2D eigenvalue weighted by atomic mass is 16.4. The summed E-state index contributed by atoms with van der Waals surface area (Å²) in [4.78, 5) is 26.7. The number of aromatic amines is 1. The van der Waals surface area contributed by atoms with Gasteiger partial charge in [-0.25, -0.2) is 0 Å². The van der Waals surface area contributed by atoms with Gasteiger partial charge in [0, 0.05) is 17.9 Å². The third-order valence-corrected chi connectivity index (χ3v) is 5.50. The molecule has 1 heterocycles. The van der Waals surface area contributed by atoms with Gasteiger partial charge in [-0.2, -0.15) is 0 Å². The van der Waals surface area contributed by atoms with Crippen LogP contribution < -0.4 is 5.32 Å². The first-order valence-electron chi connectivity index (χ1n) is 7.84. The molecule has 3 saturated carbocycles. The van der Waals surface area contributed by atoms with E-state index in [1.165, 1.54) is 0 Å². The van der Waals surface area contributed by atoms with Crippen LogP contribution in [0.5, 0.6) is 0 Å². The number of aliphatic carboxylic acids is 1. The molecule has 5 nitrogen and oxygen atoms in total. The molecule has 0 aliphatic heterocycles. The van der Waals surface area contributed by atoms with Crippen molar-refractivity contribution in [3.63, 3.8) is 0 Å². The van der Waals surface area contributed by atoms with Gasteiger partial charge in [-0.1, -0.05) is 0 Å². The SMILES string of the molecule is O=C(N[C@H]1C[C@H]2CC(C(=O)O)C[C@H]21)c1cc[nH]c1C1CC1. The van der Waals surface area contributed by atoms with Crippen LogP contribution in [0.25, 0.3) is 0 Å². The largest absolute Gasteiger partial charge is 0.481 e. The molecule has 21 heavy (non-hydrogen) atoms. The van der Waals surface area contributed by atoms with Crippen molar-refractivity contribution >= 4 is 11.9 Å². The standard InChI is InChI=1S/C16H20N2O3/c19-15(11-3-4-17-14(11)8-1-2-8)18-13-7-9-5-10(16(20)21)6-12(9)13/h3-4,8-10,12-13,17H,1-2,5-7H2,(H,18,19)(H,20,21)/t9-,10?,12-,13+/m1/s1. The number of carboxylic acid groups (broad SMARTS) is 1. The van der Waals surface area contributed by atoms with Crippen LogP contribution in [0.15, 0.2) is 12.3 Å². The van der Waals surface area contributed by atoms with Gasteiger partial charge in [0.15, 0.2) is 0 Å². The average Bonchev–Trinajstić information content (AvgIpc) is 3.06. The van der Waals surface area contributed by atoms with Gasteiger partial charge in [-0.05, 0) is 55.9 Å². The molecule has 1 amide bonds. The maximum atomic E-state index is 12.4. The zero-order valence-corrected chi connectivity index (χ0v) is 11.8. The zero-order valence-electron chi connectivity index (χ0n) is 11.8. The molecule has 1 aromatic rings. The predicted octanol–water partition coefficient (Wildman–Crippen LogP) is 2.12. The van der Waals surface area contributed by atoms with Crippen molar-refractivity contribution in [2.45, 2.75) is 44.1 Å². The minimum absolute atomic E-state index is 0.000347. The summed E-state index contributed by atoms with van der Waals surface area (Å²) < 4.78 is 0. The lowest BCUT2D eigenvalue weighted by atomic mass is 9.71. The van der Waals surface area contributed by atoms with Crippen molar-refractivity contribution < 1.29 is 14.7 Å². The normalized spacial score (nSPS) is 34.1. The molecule has 3 N–H and O–H groups in total. The third kappa shape index (κ3) is 2.15. The monoisotopic (exact) mass is 288 g/mol. The van der Waals surface area contributed by atoms with Crippen LogP contribution in [0.4, 0.5) is 0 Å². The molecule has 1 unspecified atom stereocenters. The molecule has 3 aliphatic rings. The summed E-state index contributed by atoms with van der Waals surface area (Å²) in [5, 5.41) is 12.2. The van der Waals surface area contributed by atoms with E-state index >= 15 is 0 Å². The van der Waals surface area contributed by atoms with Crippen molar-refractivity contribution in [1.29, 1.82) is 0 Å². The van der Waals surface area contributed by atoms with Crippen LogP contribution in [0.1, 0.15) is 54.1 Å². The summed E-state index contributed by atoms with van der Waals surface area (Å²) in [5.41, 5.74) is 1.84. The lowest BCUT2D eigenvalue weighted by Gasteiger charge is -2.40. The second-order valence-corrected chi connectivity index (χ2v) is 6.83. The molecular weight excluding hydrogens is 268 g/mol. The Balaban J connectivity index is 1.40. The van der Waals surface area contributed by atoms with Crippen molar-refractivity contribution in [3.05, 3.63) is 23.5 Å². The first-order chi connectivity index (χ1) is 10.1. The quantitative estimate of drug-likeness (QED) is 0.793. The van der Waals surface area contributed by atoms with Crippen LogP contribution in [0.2, 0.25) is 0 Å². The summed E-state index contributed by atoms with van der Waals surface area (Å²) >= 11 is 0. The fourth-order valence-corrected chi connectivity index (χ4v) is 4.13. The zero-order chi connectivity index (χ0) is 14.6. The molecule has 5 heteroatoms. The smallest absolute Gasteiger partial charge is 0.306 e. The average molecular weight is 288 g/mol. The first kappa shape index (κ1) is 12.9. The topological polar surface area (TPSA) is 82.2 Å². The van der Waals surface area contributed by atoms with E-state index in [0.717, 1.165) is 36.9 Å². The van der Waals surface area contributed by atoms with E-state index in [4.69, 9.17) is 5.11 Å². The second kappa shape index (κ2) is 4.61. The summed E-state index contributed by atoms with van der Waals surface area (Å²) in [6.07, 6.45) is 6.59. The Labute approximate surface area is 123 Å². The second-order valence-electron chi connectivity index (χ2n) is 6.83. The highest BCUT2D eigenvalue weighted by Crippen LogP contribution is 2.50. The highest BCUT2D eigenvalue weighted by Gasteiger charge is 2.50. The van der Waals surface area contributed by atoms with Gasteiger partial charge in [0.1, 0.15) is 0 Å². The Kier molecular flexibility index (Phi) is 2.84. The van der Waals surface area contributed by atoms with Gasteiger partial charge in [-0.15, -0.1) is 0 Å². The lowest BCUT2D eigenvalue weighted by molar-refractivity contribution is -0.141. The highest BCUT2D eigenvalue weighted by molar-refractivity contribution is 5.96. The van der Waals surface area contributed by atoms with Crippen molar-refractivity contribution in [2.75, 3.05) is 0 Å². The van der Waals surface area contributed by atoms with Crippen LogP contribution in [-0.4, -0.2) is 28.0 Å². The van der Waals surface area contributed by atoms with E-state index in [0.29, 0.717) is 24.2 Å². The Bertz CT molecular complexity index is 590. The third-order valence-electron chi connectivity index (χ3n) is 5.50. The number of hydrogen-bond donors (Lipinski definition) is 3. The molecular formula is C16H20N2O3. The number of fused-ring (bicyclic) bond motifs is 1. The molecule has 0 radical (unpaired) electrons. The summed E-state index contributed by atoms with van der Waals surface area (Å²) in [5.74, 6) is 0.481. The van der Waals surface area contributed by atoms with Crippen LogP contribution in [0, 0.1) is 17.8 Å². The van der Waals surface area contributed by atoms with Crippen LogP contribution in [-0.2, 0) is 4.79 Å². The maximum absolute atomic E-state index is 12.4. The molecule has 0 bridgehead atoms. The fraction of sp³-hybridized carbons (Fsp3) is 0.625. The predicted molar refractivity (Wildman–Crippen MR) is 76.0 cm³/mol. The van der Waals surface area contributed by atoms with Crippen LogP contribution >= 0.6 is 0 Å². The van der Waals surface area contributed by atoms with Gasteiger partial charge in [0.2, 0.25) is 0 Å².